The molecule has 0 fully saturated rings. The Morgan fingerprint density at radius 1 is 1.18 bits per heavy atom. The van der Waals surface area contributed by atoms with Crippen LogP contribution in [0.4, 0.5) is 29.3 Å². The number of alkyl halides is 3. The SMILES string of the molecule is N/C(=N\O)c1ncc(Nc2ncc(-c3ccc(C(F)(F)F)c(F)c3)o2)cc1O. The van der Waals surface area contributed by atoms with Gasteiger partial charge in [-0.1, -0.05) is 11.2 Å². The number of nitrogens with two attached hydrogens (primary N) is 1. The average molecular weight is 397 g/mol. The number of aromatic hydroxyl groups is 1. The van der Waals surface area contributed by atoms with Crippen molar-refractivity contribution in [3.8, 4) is 17.1 Å². The second-order valence-electron chi connectivity index (χ2n) is 5.42. The van der Waals surface area contributed by atoms with Crippen LogP contribution in [0.2, 0.25) is 0 Å². The zero-order valence-electron chi connectivity index (χ0n) is 13.7. The lowest BCUT2D eigenvalue weighted by Gasteiger charge is -2.08. The van der Waals surface area contributed by atoms with Crippen LogP contribution < -0.4 is 11.1 Å². The standard InChI is InChI=1S/C16H11F4N5O3/c17-10-3-7(1-2-9(10)16(18,19)20)12-6-23-15(28-12)24-8-4-11(26)13(22-5-8)14(21)25-27/h1-6,26-27H,(H2,21,25)(H,23,24). The minimum atomic E-state index is -4.80. The van der Waals surface area contributed by atoms with Gasteiger partial charge in [0.05, 0.1) is 23.6 Å². The molecule has 3 aromatic rings. The summed E-state index contributed by atoms with van der Waals surface area (Å²) in [6, 6.07) is 3.45. The quantitative estimate of drug-likeness (QED) is 0.174. The Hall–Kier alpha value is -3.83. The number of oxazole rings is 1. The fourth-order valence-corrected chi connectivity index (χ4v) is 2.25. The fourth-order valence-electron chi connectivity index (χ4n) is 2.25. The van der Waals surface area contributed by atoms with E-state index < -0.39 is 29.1 Å². The zero-order chi connectivity index (χ0) is 20.5. The number of benzene rings is 1. The molecule has 1 aromatic carbocycles. The average Bonchev–Trinajstić information content (AvgIpc) is 3.08. The van der Waals surface area contributed by atoms with E-state index in [-0.39, 0.29) is 28.7 Å². The highest BCUT2D eigenvalue weighted by Gasteiger charge is 2.34. The van der Waals surface area contributed by atoms with Gasteiger partial charge in [-0.25, -0.2) is 14.4 Å². The Morgan fingerprint density at radius 3 is 2.54 bits per heavy atom. The van der Waals surface area contributed by atoms with Crippen LogP contribution in [0, 0.1) is 5.82 Å². The van der Waals surface area contributed by atoms with Crippen LogP contribution in [0.1, 0.15) is 11.3 Å². The smallest absolute Gasteiger partial charge is 0.419 e. The van der Waals surface area contributed by atoms with Gasteiger partial charge in [0, 0.05) is 11.6 Å². The molecule has 0 aliphatic carbocycles. The summed E-state index contributed by atoms with van der Waals surface area (Å²) >= 11 is 0. The summed E-state index contributed by atoms with van der Waals surface area (Å²) in [5.41, 5.74) is 4.07. The molecule has 8 nitrogen and oxygen atoms in total. The van der Waals surface area contributed by atoms with Crippen molar-refractivity contribution in [3.05, 3.63) is 53.7 Å². The van der Waals surface area contributed by atoms with Crippen molar-refractivity contribution in [1.29, 1.82) is 0 Å². The molecule has 0 aliphatic rings. The van der Waals surface area contributed by atoms with Gasteiger partial charge < -0.3 is 25.8 Å². The highest BCUT2D eigenvalue weighted by atomic mass is 19.4. The van der Waals surface area contributed by atoms with Crippen LogP contribution in [0.5, 0.6) is 5.75 Å². The van der Waals surface area contributed by atoms with Gasteiger partial charge in [-0.15, -0.1) is 0 Å². The molecule has 0 bridgehead atoms. The molecule has 0 atom stereocenters. The number of rotatable bonds is 4. The molecular formula is C16H11F4N5O3. The Balaban J connectivity index is 1.82. The van der Waals surface area contributed by atoms with Crippen molar-refractivity contribution in [3.63, 3.8) is 0 Å². The predicted octanol–water partition coefficient (Wildman–Crippen LogP) is 3.44. The number of aromatic nitrogens is 2. The van der Waals surface area contributed by atoms with Crippen molar-refractivity contribution in [1.82, 2.24) is 9.97 Å². The maximum absolute atomic E-state index is 13.7. The Bertz CT molecular complexity index is 1050. The second-order valence-corrected chi connectivity index (χ2v) is 5.42. The molecule has 5 N–H and O–H groups in total. The van der Waals surface area contributed by atoms with Gasteiger partial charge in [-0.3, -0.25) is 0 Å². The third-order valence-electron chi connectivity index (χ3n) is 3.53. The third-order valence-corrected chi connectivity index (χ3v) is 3.53. The first kappa shape index (κ1) is 18.9. The summed E-state index contributed by atoms with van der Waals surface area (Å²) in [6.07, 6.45) is -2.39. The van der Waals surface area contributed by atoms with Crippen LogP contribution in [0.3, 0.4) is 0 Å². The van der Waals surface area contributed by atoms with Crippen LogP contribution in [-0.4, -0.2) is 26.1 Å². The van der Waals surface area contributed by atoms with Crippen molar-refractivity contribution in [2.24, 2.45) is 10.9 Å². The van der Waals surface area contributed by atoms with E-state index in [1.165, 1.54) is 18.5 Å². The van der Waals surface area contributed by atoms with E-state index in [4.69, 9.17) is 15.4 Å². The normalized spacial score (nSPS) is 12.2. The predicted molar refractivity (Wildman–Crippen MR) is 88.6 cm³/mol. The van der Waals surface area contributed by atoms with E-state index in [9.17, 15) is 22.7 Å². The number of hydrogen-bond donors (Lipinski definition) is 4. The number of pyridine rings is 1. The van der Waals surface area contributed by atoms with E-state index >= 15 is 0 Å². The zero-order valence-corrected chi connectivity index (χ0v) is 13.7. The summed E-state index contributed by atoms with van der Waals surface area (Å²) in [5, 5.41) is 23.8. The lowest BCUT2D eigenvalue weighted by molar-refractivity contribution is -0.139. The molecule has 0 aliphatic heterocycles. The van der Waals surface area contributed by atoms with Crippen LogP contribution >= 0.6 is 0 Å². The van der Waals surface area contributed by atoms with Crippen molar-refractivity contribution in [2.75, 3.05) is 5.32 Å². The van der Waals surface area contributed by atoms with Crippen molar-refractivity contribution < 1.29 is 32.3 Å². The Kier molecular flexibility index (Phi) is 4.78. The number of hydrogen-bond acceptors (Lipinski definition) is 7. The maximum Gasteiger partial charge on any atom is 0.419 e. The van der Waals surface area contributed by atoms with E-state index in [2.05, 4.69) is 20.4 Å². The summed E-state index contributed by atoms with van der Waals surface area (Å²) < 4.78 is 56.9. The molecule has 3 rings (SSSR count). The first-order valence-electron chi connectivity index (χ1n) is 7.46. The molecule has 146 valence electrons. The Morgan fingerprint density at radius 2 is 1.93 bits per heavy atom. The molecule has 2 aromatic heterocycles. The van der Waals surface area contributed by atoms with Gasteiger partial charge in [0.2, 0.25) is 0 Å². The molecule has 2 heterocycles. The number of amidine groups is 1. The van der Waals surface area contributed by atoms with Crippen LogP contribution in [0.25, 0.3) is 11.3 Å². The van der Waals surface area contributed by atoms with Gasteiger partial charge in [0.15, 0.2) is 17.3 Å². The number of oxime groups is 1. The lowest BCUT2D eigenvalue weighted by Crippen LogP contribution is -2.15. The van der Waals surface area contributed by atoms with Gasteiger partial charge in [0.1, 0.15) is 11.6 Å². The van der Waals surface area contributed by atoms with E-state index in [1.54, 1.807) is 0 Å². The fraction of sp³-hybridized carbons (Fsp3) is 0.0625. The molecule has 0 saturated heterocycles. The molecule has 12 heteroatoms. The third kappa shape index (κ3) is 3.79. The number of halogens is 4. The molecule has 0 radical (unpaired) electrons. The summed E-state index contributed by atoms with van der Waals surface area (Å²) in [7, 11) is 0. The van der Waals surface area contributed by atoms with Gasteiger partial charge >= 0.3 is 6.18 Å². The lowest BCUT2D eigenvalue weighted by atomic mass is 10.1. The largest absolute Gasteiger partial charge is 0.505 e. The molecule has 28 heavy (non-hydrogen) atoms. The highest BCUT2D eigenvalue weighted by molar-refractivity contribution is 5.97. The summed E-state index contributed by atoms with van der Waals surface area (Å²) in [6.45, 7) is 0. The minimum Gasteiger partial charge on any atom is -0.505 e. The molecule has 0 saturated carbocycles. The number of anilines is 2. The van der Waals surface area contributed by atoms with E-state index in [0.29, 0.717) is 12.1 Å². The van der Waals surface area contributed by atoms with Crippen LogP contribution in [-0.2, 0) is 6.18 Å². The van der Waals surface area contributed by atoms with Gasteiger partial charge in [-0.05, 0) is 12.1 Å². The Labute approximate surface area is 153 Å². The van der Waals surface area contributed by atoms with Crippen LogP contribution in [0.15, 0.2) is 46.2 Å². The monoisotopic (exact) mass is 397 g/mol. The second kappa shape index (κ2) is 7.06. The molecule has 0 unspecified atom stereocenters. The van der Waals surface area contributed by atoms with Crippen molar-refractivity contribution in [2.45, 2.75) is 6.18 Å². The molecular weight excluding hydrogens is 386 g/mol. The molecule has 0 spiro atoms. The molecule has 0 amide bonds. The van der Waals surface area contributed by atoms with Gasteiger partial charge in [-0.2, -0.15) is 13.2 Å². The minimum absolute atomic E-state index is 0.0144. The first-order valence-corrected chi connectivity index (χ1v) is 7.46. The topological polar surface area (TPSA) is 130 Å². The summed E-state index contributed by atoms with van der Waals surface area (Å²) in [4.78, 5) is 7.67. The van der Waals surface area contributed by atoms with Gasteiger partial charge in [0.25, 0.3) is 6.01 Å². The van der Waals surface area contributed by atoms with E-state index in [1.807, 2.05) is 0 Å². The number of nitrogens with zero attached hydrogens (tertiary/aromatic N) is 3. The maximum atomic E-state index is 13.7. The van der Waals surface area contributed by atoms with Crippen molar-refractivity contribution >= 4 is 17.5 Å². The highest BCUT2D eigenvalue weighted by Crippen LogP contribution is 2.34. The van der Waals surface area contributed by atoms with E-state index in [0.717, 1.165) is 6.07 Å². The first-order chi connectivity index (χ1) is 13.2. The summed E-state index contributed by atoms with van der Waals surface area (Å²) in [5.74, 6) is -2.21. The number of nitrogens with one attached hydrogen (secondary N) is 1.